The summed E-state index contributed by atoms with van der Waals surface area (Å²) in [6, 6.07) is 0. The molecule has 0 aliphatic carbocycles. The number of hydrogen-bond acceptors (Lipinski definition) is 4. The zero-order valence-electron chi connectivity index (χ0n) is 8.07. The van der Waals surface area contributed by atoms with Gasteiger partial charge in [-0.25, -0.2) is 0 Å². The zero-order chi connectivity index (χ0) is 9.78. The molecule has 0 amide bonds. The summed E-state index contributed by atoms with van der Waals surface area (Å²) in [6.07, 6.45) is -0.267. The van der Waals surface area contributed by atoms with Crippen molar-refractivity contribution in [2.75, 3.05) is 26.4 Å². The van der Waals surface area contributed by atoms with E-state index in [1.807, 2.05) is 14.1 Å². The van der Waals surface area contributed by atoms with Crippen LogP contribution >= 0.6 is 0 Å². The highest BCUT2D eigenvalue weighted by Gasteiger charge is 2.13. The molecule has 0 unspecified atom stereocenters. The third-order valence-electron chi connectivity index (χ3n) is 1.13. The molecule has 0 radical (unpaired) electrons. The summed E-state index contributed by atoms with van der Waals surface area (Å²) in [5, 5.41) is 0. The summed E-state index contributed by atoms with van der Waals surface area (Å²) in [4.78, 5) is 1.81. The van der Waals surface area contributed by atoms with Crippen LogP contribution in [0.3, 0.4) is 0 Å². The van der Waals surface area contributed by atoms with Gasteiger partial charge in [0.15, 0.2) is 0 Å². The molecular formula is C7H17NO3S. The minimum atomic E-state index is -3.32. The maximum Gasteiger partial charge on any atom is 0.268 e. The van der Waals surface area contributed by atoms with Crippen molar-refractivity contribution >= 4 is 10.1 Å². The minimum Gasteiger partial charge on any atom is -0.308 e. The third kappa shape index (κ3) is 6.57. The normalized spacial score (nSPS) is 12.8. The van der Waals surface area contributed by atoms with E-state index in [9.17, 15) is 8.42 Å². The van der Waals surface area contributed by atoms with Gasteiger partial charge in [0.2, 0.25) is 0 Å². The fraction of sp³-hybridized carbons (Fsp3) is 1.00. The standard InChI is InChI=1S/C7H17NO3S/c1-7(2)11-12(9,10)6-5-8(3)4/h7H,5-6H2,1-4H3. The molecule has 0 saturated carbocycles. The molecule has 0 aliphatic rings. The van der Waals surface area contributed by atoms with Crippen molar-refractivity contribution in [2.24, 2.45) is 0 Å². The smallest absolute Gasteiger partial charge is 0.268 e. The quantitative estimate of drug-likeness (QED) is 0.592. The first kappa shape index (κ1) is 11.9. The molecule has 12 heavy (non-hydrogen) atoms. The molecule has 0 aliphatic heterocycles. The lowest BCUT2D eigenvalue weighted by Crippen LogP contribution is -2.24. The van der Waals surface area contributed by atoms with Crippen LogP contribution in [0, 0.1) is 0 Å². The average Bonchev–Trinajstić information content (AvgIpc) is 1.81. The lowest BCUT2D eigenvalue weighted by molar-refractivity contribution is 0.247. The number of nitrogens with zero attached hydrogens (tertiary/aromatic N) is 1. The lowest BCUT2D eigenvalue weighted by Gasteiger charge is -2.11. The van der Waals surface area contributed by atoms with Crippen LogP contribution in [0.2, 0.25) is 0 Å². The summed E-state index contributed by atoms with van der Waals surface area (Å²) in [6.45, 7) is 3.90. The van der Waals surface area contributed by atoms with Crippen LogP contribution in [0.1, 0.15) is 13.8 Å². The molecule has 4 nitrogen and oxygen atoms in total. The van der Waals surface area contributed by atoms with Crippen molar-refractivity contribution in [3.05, 3.63) is 0 Å². The second kappa shape index (κ2) is 4.79. The molecular weight excluding hydrogens is 178 g/mol. The highest BCUT2D eigenvalue weighted by Crippen LogP contribution is 1.99. The number of hydrogen-bond donors (Lipinski definition) is 0. The third-order valence-corrected chi connectivity index (χ3v) is 2.49. The lowest BCUT2D eigenvalue weighted by atomic mass is 10.5. The molecule has 0 N–H and O–H groups in total. The van der Waals surface area contributed by atoms with Crippen LogP contribution in [0.5, 0.6) is 0 Å². The van der Waals surface area contributed by atoms with E-state index in [4.69, 9.17) is 4.18 Å². The largest absolute Gasteiger partial charge is 0.308 e. The molecule has 0 aromatic carbocycles. The molecule has 0 saturated heterocycles. The summed E-state index contributed by atoms with van der Waals surface area (Å²) in [7, 11) is 0.331. The summed E-state index contributed by atoms with van der Waals surface area (Å²) in [5.41, 5.74) is 0. The molecule has 0 bridgehead atoms. The van der Waals surface area contributed by atoms with E-state index in [2.05, 4.69) is 0 Å². The van der Waals surface area contributed by atoms with Gasteiger partial charge in [-0.2, -0.15) is 8.42 Å². The van der Waals surface area contributed by atoms with Gasteiger partial charge >= 0.3 is 0 Å². The van der Waals surface area contributed by atoms with Gasteiger partial charge in [0.1, 0.15) is 0 Å². The highest BCUT2D eigenvalue weighted by atomic mass is 32.2. The van der Waals surface area contributed by atoms with E-state index in [-0.39, 0.29) is 11.9 Å². The van der Waals surface area contributed by atoms with Crippen molar-refractivity contribution in [1.82, 2.24) is 4.90 Å². The Labute approximate surface area is 74.6 Å². The van der Waals surface area contributed by atoms with E-state index >= 15 is 0 Å². The molecule has 74 valence electrons. The van der Waals surface area contributed by atoms with Gasteiger partial charge in [-0.15, -0.1) is 0 Å². The van der Waals surface area contributed by atoms with Crippen LogP contribution in [0.4, 0.5) is 0 Å². The van der Waals surface area contributed by atoms with Gasteiger partial charge in [0, 0.05) is 6.54 Å². The predicted octanol–water partition coefficient (Wildman–Crippen LogP) is 0.303. The van der Waals surface area contributed by atoms with Crippen LogP contribution < -0.4 is 0 Å². The fourth-order valence-corrected chi connectivity index (χ4v) is 1.91. The van der Waals surface area contributed by atoms with E-state index in [1.54, 1.807) is 18.7 Å². The monoisotopic (exact) mass is 195 g/mol. The molecule has 0 fully saturated rings. The maximum atomic E-state index is 11.1. The molecule has 0 atom stereocenters. The molecule has 0 spiro atoms. The Bertz CT molecular complexity index is 209. The van der Waals surface area contributed by atoms with Gasteiger partial charge < -0.3 is 4.90 Å². The Balaban J connectivity index is 3.89. The maximum absolute atomic E-state index is 11.1. The van der Waals surface area contributed by atoms with Crippen LogP contribution in [0.25, 0.3) is 0 Å². The molecule has 0 rings (SSSR count). The van der Waals surface area contributed by atoms with Gasteiger partial charge in [0.05, 0.1) is 11.9 Å². The van der Waals surface area contributed by atoms with Gasteiger partial charge in [-0.05, 0) is 27.9 Å². The first-order valence-electron chi connectivity index (χ1n) is 3.89. The minimum absolute atomic E-state index is 0.0537. The second-order valence-corrected chi connectivity index (χ2v) is 4.93. The average molecular weight is 195 g/mol. The van der Waals surface area contributed by atoms with Crippen molar-refractivity contribution in [1.29, 1.82) is 0 Å². The van der Waals surface area contributed by atoms with Crippen molar-refractivity contribution < 1.29 is 12.6 Å². The van der Waals surface area contributed by atoms with E-state index in [0.717, 1.165) is 0 Å². The number of rotatable bonds is 5. The van der Waals surface area contributed by atoms with Crippen molar-refractivity contribution in [2.45, 2.75) is 20.0 Å². The first-order chi connectivity index (χ1) is 5.33. The van der Waals surface area contributed by atoms with Crippen LogP contribution in [0.15, 0.2) is 0 Å². The molecule has 0 aromatic heterocycles. The Morgan fingerprint density at radius 3 is 2.17 bits per heavy atom. The summed E-state index contributed by atoms with van der Waals surface area (Å²) >= 11 is 0. The molecule has 0 heterocycles. The molecule has 5 heteroatoms. The van der Waals surface area contributed by atoms with E-state index in [1.165, 1.54) is 0 Å². The Morgan fingerprint density at radius 1 is 1.33 bits per heavy atom. The Hall–Kier alpha value is -0.130. The van der Waals surface area contributed by atoms with Gasteiger partial charge in [-0.3, -0.25) is 4.18 Å². The van der Waals surface area contributed by atoms with E-state index in [0.29, 0.717) is 6.54 Å². The fourth-order valence-electron chi connectivity index (χ4n) is 0.636. The Kier molecular flexibility index (Phi) is 4.74. The van der Waals surface area contributed by atoms with E-state index < -0.39 is 10.1 Å². The topological polar surface area (TPSA) is 46.6 Å². The SMILES string of the molecule is CC(C)OS(=O)(=O)CCN(C)C. The van der Waals surface area contributed by atoms with Crippen molar-refractivity contribution in [3.63, 3.8) is 0 Å². The Morgan fingerprint density at radius 2 is 1.83 bits per heavy atom. The zero-order valence-corrected chi connectivity index (χ0v) is 8.89. The second-order valence-electron chi connectivity index (χ2n) is 3.21. The summed E-state index contributed by atoms with van der Waals surface area (Å²) in [5.74, 6) is 0.0537. The predicted molar refractivity (Wildman–Crippen MR) is 48.6 cm³/mol. The van der Waals surface area contributed by atoms with Gasteiger partial charge in [0.25, 0.3) is 10.1 Å². The highest BCUT2D eigenvalue weighted by molar-refractivity contribution is 7.86. The van der Waals surface area contributed by atoms with Gasteiger partial charge in [-0.1, -0.05) is 0 Å². The molecule has 0 aromatic rings. The van der Waals surface area contributed by atoms with Crippen LogP contribution in [-0.4, -0.2) is 45.8 Å². The van der Waals surface area contributed by atoms with Crippen molar-refractivity contribution in [3.8, 4) is 0 Å². The first-order valence-corrected chi connectivity index (χ1v) is 5.47. The van der Waals surface area contributed by atoms with Crippen LogP contribution in [-0.2, 0) is 14.3 Å². The summed E-state index contributed by atoms with van der Waals surface area (Å²) < 4.78 is 26.9.